The Labute approximate surface area is 186 Å². The zero-order valence-electron chi connectivity index (χ0n) is 17.6. The maximum Gasteiger partial charge on any atom is 0.293 e. The molecule has 3 heterocycles. The lowest BCUT2D eigenvalue weighted by atomic mass is 10.0. The highest BCUT2D eigenvalue weighted by atomic mass is 32.2. The highest BCUT2D eigenvalue weighted by Crippen LogP contribution is 2.31. The van der Waals surface area contributed by atoms with E-state index in [1.54, 1.807) is 35.4 Å². The number of nitro groups is 1. The van der Waals surface area contributed by atoms with E-state index in [0.29, 0.717) is 31.4 Å². The molecule has 1 aliphatic rings. The summed E-state index contributed by atoms with van der Waals surface area (Å²) in [6.07, 6.45) is 6.67. The van der Waals surface area contributed by atoms with Crippen molar-refractivity contribution in [3.63, 3.8) is 0 Å². The van der Waals surface area contributed by atoms with Crippen molar-refractivity contribution in [3.8, 4) is 5.82 Å². The topological polar surface area (TPSA) is 123 Å². The van der Waals surface area contributed by atoms with E-state index >= 15 is 0 Å². The van der Waals surface area contributed by atoms with Crippen LogP contribution in [0.15, 0.2) is 59.9 Å². The fraction of sp³-hybridized carbons (Fsp3) is 0.333. The van der Waals surface area contributed by atoms with Crippen molar-refractivity contribution in [2.75, 3.05) is 18.4 Å². The molecule has 0 radical (unpaired) electrons. The number of anilines is 1. The SMILES string of the molecule is CC1CCN(S(=O)(=O)c2ccc(NCc3ccc(-n4cccn4)nc3)c([N+](=O)[O-])c2)CC1. The number of sulfonamides is 1. The number of nitro benzene ring substituents is 1. The van der Waals surface area contributed by atoms with Crippen LogP contribution in [0.25, 0.3) is 5.82 Å². The fourth-order valence-corrected chi connectivity index (χ4v) is 5.10. The predicted molar refractivity (Wildman–Crippen MR) is 119 cm³/mol. The van der Waals surface area contributed by atoms with Gasteiger partial charge in [0.2, 0.25) is 10.0 Å². The van der Waals surface area contributed by atoms with Gasteiger partial charge in [-0.05, 0) is 48.6 Å². The van der Waals surface area contributed by atoms with Crippen LogP contribution < -0.4 is 5.32 Å². The van der Waals surface area contributed by atoms with Gasteiger partial charge in [-0.1, -0.05) is 13.0 Å². The summed E-state index contributed by atoms with van der Waals surface area (Å²) in [6, 6.07) is 9.44. The third kappa shape index (κ3) is 4.63. The van der Waals surface area contributed by atoms with Crippen molar-refractivity contribution in [2.45, 2.75) is 31.2 Å². The van der Waals surface area contributed by atoms with E-state index < -0.39 is 14.9 Å². The van der Waals surface area contributed by atoms with Crippen LogP contribution in [0.1, 0.15) is 25.3 Å². The summed E-state index contributed by atoms with van der Waals surface area (Å²) >= 11 is 0. The summed E-state index contributed by atoms with van der Waals surface area (Å²) in [5.74, 6) is 1.14. The van der Waals surface area contributed by atoms with Crippen LogP contribution in [0.2, 0.25) is 0 Å². The molecule has 0 atom stereocenters. The lowest BCUT2D eigenvalue weighted by Gasteiger charge is -2.29. The smallest absolute Gasteiger partial charge is 0.293 e. The molecule has 0 amide bonds. The summed E-state index contributed by atoms with van der Waals surface area (Å²) < 4.78 is 29.0. The van der Waals surface area contributed by atoms with E-state index in [-0.39, 0.29) is 16.3 Å². The molecule has 2 aromatic heterocycles. The second-order valence-corrected chi connectivity index (χ2v) is 9.79. The predicted octanol–water partition coefficient (Wildman–Crippen LogP) is 3.21. The molecule has 168 valence electrons. The molecule has 0 bridgehead atoms. The minimum absolute atomic E-state index is 0.0606. The maximum atomic E-state index is 13.0. The molecule has 0 saturated carbocycles. The first-order chi connectivity index (χ1) is 15.3. The van der Waals surface area contributed by atoms with Crippen LogP contribution in [0.5, 0.6) is 0 Å². The monoisotopic (exact) mass is 456 g/mol. The molecule has 0 spiro atoms. The van der Waals surface area contributed by atoms with Gasteiger partial charge in [-0.15, -0.1) is 0 Å². The van der Waals surface area contributed by atoms with Crippen LogP contribution in [0.4, 0.5) is 11.4 Å². The highest BCUT2D eigenvalue weighted by Gasteiger charge is 2.30. The van der Waals surface area contributed by atoms with Crippen LogP contribution in [-0.4, -0.2) is 45.5 Å². The molecule has 32 heavy (non-hydrogen) atoms. The molecule has 11 heteroatoms. The second kappa shape index (κ2) is 9.05. The molecule has 3 aromatic rings. The molecular weight excluding hydrogens is 432 g/mol. The second-order valence-electron chi connectivity index (χ2n) is 7.85. The van der Waals surface area contributed by atoms with E-state index in [0.717, 1.165) is 24.5 Å². The largest absolute Gasteiger partial charge is 0.375 e. The molecule has 1 aliphatic heterocycles. The number of nitrogens with zero attached hydrogens (tertiary/aromatic N) is 5. The van der Waals surface area contributed by atoms with E-state index in [4.69, 9.17) is 0 Å². The molecule has 1 fully saturated rings. The number of aromatic nitrogens is 3. The number of nitrogens with one attached hydrogen (secondary N) is 1. The summed E-state index contributed by atoms with van der Waals surface area (Å²) in [5.41, 5.74) is 0.782. The molecular formula is C21H24N6O4S. The Morgan fingerprint density at radius 3 is 2.62 bits per heavy atom. The first-order valence-electron chi connectivity index (χ1n) is 10.3. The van der Waals surface area contributed by atoms with Gasteiger partial charge < -0.3 is 5.32 Å². The lowest BCUT2D eigenvalue weighted by Crippen LogP contribution is -2.37. The third-order valence-corrected chi connectivity index (χ3v) is 7.47. The zero-order valence-corrected chi connectivity index (χ0v) is 18.4. The van der Waals surface area contributed by atoms with E-state index in [1.165, 1.54) is 16.4 Å². The number of hydrogen-bond donors (Lipinski definition) is 1. The minimum atomic E-state index is -3.77. The Hall–Kier alpha value is -3.31. The molecule has 0 unspecified atom stereocenters. The number of piperidine rings is 1. The number of benzene rings is 1. The van der Waals surface area contributed by atoms with Crippen molar-refractivity contribution in [2.24, 2.45) is 5.92 Å². The Morgan fingerprint density at radius 1 is 1.22 bits per heavy atom. The van der Waals surface area contributed by atoms with E-state index in [2.05, 4.69) is 22.3 Å². The first kappa shape index (κ1) is 21.9. The van der Waals surface area contributed by atoms with Gasteiger partial charge >= 0.3 is 0 Å². The summed E-state index contributed by atoms with van der Waals surface area (Å²) in [7, 11) is -3.77. The normalized spacial score (nSPS) is 15.5. The Morgan fingerprint density at radius 2 is 2.00 bits per heavy atom. The quantitative estimate of drug-likeness (QED) is 0.428. The van der Waals surface area contributed by atoms with Gasteiger partial charge in [0.15, 0.2) is 5.82 Å². The maximum absolute atomic E-state index is 13.0. The van der Waals surface area contributed by atoms with Crippen molar-refractivity contribution in [1.82, 2.24) is 19.1 Å². The van der Waals surface area contributed by atoms with E-state index in [1.807, 2.05) is 6.07 Å². The molecule has 0 aliphatic carbocycles. The van der Waals surface area contributed by atoms with Gasteiger partial charge in [-0.25, -0.2) is 18.1 Å². The minimum Gasteiger partial charge on any atom is -0.375 e. The average molecular weight is 457 g/mol. The first-order valence-corrected chi connectivity index (χ1v) is 11.8. The summed E-state index contributed by atoms with van der Waals surface area (Å²) in [4.78, 5) is 15.3. The fourth-order valence-electron chi connectivity index (χ4n) is 3.61. The van der Waals surface area contributed by atoms with Crippen molar-refractivity contribution < 1.29 is 13.3 Å². The molecule has 1 saturated heterocycles. The van der Waals surface area contributed by atoms with Crippen molar-refractivity contribution in [1.29, 1.82) is 0 Å². The van der Waals surface area contributed by atoms with Gasteiger partial charge in [0.1, 0.15) is 5.69 Å². The standard InChI is InChI=1S/C21H24N6O4S/c1-16-7-11-25(12-8-16)32(30,31)18-4-5-19(20(13-18)27(28)29)22-14-17-3-6-21(23-15-17)26-10-2-9-24-26/h2-6,9-10,13,15-16,22H,7-8,11-12,14H2,1H3. The zero-order chi connectivity index (χ0) is 22.7. The summed E-state index contributed by atoms with van der Waals surface area (Å²) in [5, 5.41) is 18.8. The average Bonchev–Trinajstić information content (AvgIpc) is 3.33. The highest BCUT2D eigenvalue weighted by molar-refractivity contribution is 7.89. The number of hydrogen-bond acceptors (Lipinski definition) is 7. The molecule has 1 aromatic carbocycles. The molecule has 4 rings (SSSR count). The van der Waals surface area contributed by atoms with Crippen LogP contribution in [0.3, 0.4) is 0 Å². The lowest BCUT2D eigenvalue weighted by molar-refractivity contribution is -0.384. The number of rotatable bonds is 7. The summed E-state index contributed by atoms with van der Waals surface area (Å²) in [6.45, 7) is 3.25. The van der Waals surface area contributed by atoms with Crippen molar-refractivity contribution >= 4 is 21.4 Å². The number of pyridine rings is 1. The van der Waals surface area contributed by atoms with Gasteiger partial charge in [0.05, 0.1) is 9.82 Å². The van der Waals surface area contributed by atoms with Crippen LogP contribution in [0, 0.1) is 16.0 Å². The van der Waals surface area contributed by atoms with Crippen LogP contribution in [-0.2, 0) is 16.6 Å². The van der Waals surface area contributed by atoms with Gasteiger partial charge in [-0.2, -0.15) is 9.40 Å². The molecule has 10 nitrogen and oxygen atoms in total. The van der Waals surface area contributed by atoms with Crippen molar-refractivity contribution in [3.05, 3.63) is 70.7 Å². The van der Waals surface area contributed by atoms with Gasteiger partial charge in [0.25, 0.3) is 5.69 Å². The molecule has 1 N–H and O–H groups in total. The Balaban J connectivity index is 1.50. The van der Waals surface area contributed by atoms with Crippen LogP contribution >= 0.6 is 0 Å². The Bertz CT molecular complexity index is 1190. The van der Waals surface area contributed by atoms with Gasteiger partial charge in [0, 0.05) is 44.3 Å². The third-order valence-electron chi connectivity index (χ3n) is 5.58. The Kier molecular flexibility index (Phi) is 6.19. The van der Waals surface area contributed by atoms with E-state index in [9.17, 15) is 18.5 Å². The van der Waals surface area contributed by atoms with Gasteiger partial charge in [-0.3, -0.25) is 10.1 Å².